The zero-order chi connectivity index (χ0) is 17.7. The third kappa shape index (κ3) is 4.90. The van der Waals surface area contributed by atoms with E-state index in [1.165, 1.54) is 7.11 Å². The van der Waals surface area contributed by atoms with Crippen LogP contribution in [0, 0.1) is 6.92 Å². The SMILES string of the molecule is COc1cc(Cl)c(C)cc1NC(=O)CCSc1nc(O)cc(=O)[nH]1. The fraction of sp³-hybridized carbons (Fsp3) is 0.267. The van der Waals surface area contributed by atoms with Crippen molar-refractivity contribution in [3.05, 3.63) is 39.1 Å². The average Bonchev–Trinajstić information content (AvgIpc) is 2.49. The number of hydrogen-bond donors (Lipinski definition) is 3. The quantitative estimate of drug-likeness (QED) is 0.534. The van der Waals surface area contributed by atoms with Crippen LogP contribution in [0.4, 0.5) is 5.69 Å². The molecule has 1 amide bonds. The molecule has 128 valence electrons. The van der Waals surface area contributed by atoms with Gasteiger partial charge in [0.15, 0.2) is 5.16 Å². The molecule has 0 radical (unpaired) electrons. The molecule has 3 N–H and O–H groups in total. The molecule has 0 unspecified atom stereocenters. The lowest BCUT2D eigenvalue weighted by atomic mass is 10.2. The summed E-state index contributed by atoms with van der Waals surface area (Å²) < 4.78 is 5.20. The van der Waals surface area contributed by atoms with Crippen molar-refractivity contribution < 1.29 is 14.6 Å². The predicted octanol–water partition coefficient (Wildman–Crippen LogP) is 2.57. The standard InChI is InChI=1S/C15H16ClN3O4S/c1-8-5-10(11(23-2)6-9(8)16)17-12(20)3-4-24-15-18-13(21)7-14(22)19-15/h5-7H,3-4H2,1-2H3,(H,17,20)(H2,18,19,21,22). The number of amides is 1. The number of carbonyl (C=O) groups is 1. The van der Waals surface area contributed by atoms with Gasteiger partial charge in [0.2, 0.25) is 11.8 Å². The number of aromatic hydroxyl groups is 1. The fourth-order valence-corrected chi connectivity index (χ4v) is 2.84. The first-order valence-corrected chi connectivity index (χ1v) is 8.32. The molecule has 1 aromatic heterocycles. The number of rotatable bonds is 6. The Hall–Kier alpha value is -2.19. The van der Waals surface area contributed by atoms with Gasteiger partial charge in [-0.05, 0) is 18.6 Å². The number of anilines is 1. The normalized spacial score (nSPS) is 10.5. The smallest absolute Gasteiger partial charge is 0.255 e. The first-order chi connectivity index (χ1) is 11.4. The molecule has 1 heterocycles. The molecule has 1 aromatic carbocycles. The molecule has 0 saturated carbocycles. The maximum Gasteiger partial charge on any atom is 0.255 e. The summed E-state index contributed by atoms with van der Waals surface area (Å²) in [5.41, 5.74) is 0.915. The minimum atomic E-state index is -0.448. The van der Waals surface area contributed by atoms with Gasteiger partial charge in [-0.3, -0.25) is 9.59 Å². The molecule has 0 bridgehead atoms. The van der Waals surface area contributed by atoms with E-state index in [1.54, 1.807) is 12.1 Å². The van der Waals surface area contributed by atoms with Crippen molar-refractivity contribution in [2.75, 3.05) is 18.2 Å². The number of halogens is 1. The second-order valence-electron chi connectivity index (χ2n) is 4.86. The van der Waals surface area contributed by atoms with Crippen molar-refractivity contribution in [1.29, 1.82) is 0 Å². The number of hydrogen-bond acceptors (Lipinski definition) is 6. The average molecular weight is 370 g/mol. The molecule has 2 rings (SSSR count). The maximum atomic E-state index is 12.0. The Balaban J connectivity index is 1.94. The zero-order valence-corrected chi connectivity index (χ0v) is 14.6. The highest BCUT2D eigenvalue weighted by Crippen LogP contribution is 2.31. The highest BCUT2D eigenvalue weighted by Gasteiger charge is 2.11. The molecule has 0 aliphatic rings. The molecular weight excluding hydrogens is 354 g/mol. The second-order valence-corrected chi connectivity index (χ2v) is 6.35. The number of thioether (sulfide) groups is 1. The minimum Gasteiger partial charge on any atom is -0.495 e. The molecular formula is C15H16ClN3O4S. The van der Waals surface area contributed by atoms with Gasteiger partial charge < -0.3 is 20.1 Å². The van der Waals surface area contributed by atoms with E-state index >= 15 is 0 Å². The van der Waals surface area contributed by atoms with E-state index in [0.29, 0.717) is 22.2 Å². The van der Waals surface area contributed by atoms with Gasteiger partial charge in [-0.1, -0.05) is 23.4 Å². The fourth-order valence-electron chi connectivity index (χ4n) is 1.87. The highest BCUT2D eigenvalue weighted by atomic mass is 35.5. The topological polar surface area (TPSA) is 104 Å². The van der Waals surface area contributed by atoms with E-state index in [2.05, 4.69) is 15.3 Å². The van der Waals surface area contributed by atoms with Crippen LogP contribution in [0.5, 0.6) is 11.6 Å². The Morgan fingerprint density at radius 1 is 1.46 bits per heavy atom. The predicted molar refractivity (Wildman–Crippen MR) is 93.2 cm³/mol. The van der Waals surface area contributed by atoms with E-state index in [9.17, 15) is 14.7 Å². The largest absolute Gasteiger partial charge is 0.495 e. The number of nitrogens with zero attached hydrogens (tertiary/aromatic N) is 1. The van der Waals surface area contributed by atoms with Crippen molar-refractivity contribution >= 4 is 35.0 Å². The maximum absolute atomic E-state index is 12.0. The van der Waals surface area contributed by atoms with Gasteiger partial charge in [0.25, 0.3) is 5.56 Å². The molecule has 0 aliphatic carbocycles. The molecule has 2 aromatic rings. The van der Waals surface area contributed by atoms with Crippen LogP contribution in [0.15, 0.2) is 28.2 Å². The van der Waals surface area contributed by atoms with E-state index in [4.69, 9.17) is 16.3 Å². The molecule has 9 heteroatoms. The Labute approximate surface area is 147 Å². The van der Waals surface area contributed by atoms with Crippen molar-refractivity contribution in [3.8, 4) is 11.6 Å². The van der Waals surface area contributed by atoms with E-state index in [1.807, 2.05) is 6.92 Å². The number of aromatic nitrogens is 2. The van der Waals surface area contributed by atoms with Gasteiger partial charge in [0, 0.05) is 23.3 Å². The van der Waals surface area contributed by atoms with Gasteiger partial charge in [0.05, 0.1) is 18.9 Å². The number of carbonyl (C=O) groups excluding carboxylic acids is 1. The van der Waals surface area contributed by atoms with Crippen LogP contribution >= 0.6 is 23.4 Å². The van der Waals surface area contributed by atoms with E-state index in [-0.39, 0.29) is 23.4 Å². The highest BCUT2D eigenvalue weighted by molar-refractivity contribution is 7.99. The van der Waals surface area contributed by atoms with Gasteiger partial charge in [-0.25, -0.2) is 0 Å². The van der Waals surface area contributed by atoms with Crippen LogP contribution in [0.25, 0.3) is 0 Å². The van der Waals surface area contributed by atoms with Gasteiger partial charge >= 0.3 is 0 Å². The number of benzene rings is 1. The number of nitrogens with one attached hydrogen (secondary N) is 2. The van der Waals surface area contributed by atoms with Crippen LogP contribution < -0.4 is 15.6 Å². The Morgan fingerprint density at radius 2 is 2.21 bits per heavy atom. The van der Waals surface area contributed by atoms with Crippen LogP contribution in [0.3, 0.4) is 0 Å². The lowest BCUT2D eigenvalue weighted by Gasteiger charge is -2.12. The minimum absolute atomic E-state index is 0.189. The van der Waals surface area contributed by atoms with Crippen molar-refractivity contribution in [3.63, 3.8) is 0 Å². The van der Waals surface area contributed by atoms with Gasteiger partial charge in [-0.2, -0.15) is 4.98 Å². The third-order valence-corrected chi connectivity index (χ3v) is 4.31. The Morgan fingerprint density at radius 3 is 2.88 bits per heavy atom. The molecule has 0 atom stereocenters. The number of ether oxygens (including phenoxy) is 1. The Kier molecular flexibility index (Phi) is 6.10. The van der Waals surface area contributed by atoms with Gasteiger partial charge in [0.1, 0.15) is 5.75 Å². The second kappa shape index (κ2) is 8.07. The summed E-state index contributed by atoms with van der Waals surface area (Å²) in [5, 5.41) is 12.8. The van der Waals surface area contributed by atoms with Crippen molar-refractivity contribution in [2.45, 2.75) is 18.5 Å². The van der Waals surface area contributed by atoms with Crippen LogP contribution in [-0.4, -0.2) is 33.8 Å². The zero-order valence-electron chi connectivity index (χ0n) is 13.1. The molecule has 0 spiro atoms. The first kappa shape index (κ1) is 18.2. The molecule has 24 heavy (non-hydrogen) atoms. The lowest BCUT2D eigenvalue weighted by molar-refractivity contribution is -0.115. The summed E-state index contributed by atoms with van der Waals surface area (Å²) in [6, 6.07) is 4.36. The lowest BCUT2D eigenvalue weighted by Crippen LogP contribution is -2.13. The third-order valence-electron chi connectivity index (χ3n) is 3.03. The molecule has 0 saturated heterocycles. The number of aryl methyl sites for hydroxylation is 1. The summed E-state index contributed by atoms with van der Waals surface area (Å²) in [6.07, 6.45) is 0.189. The number of methoxy groups -OCH3 is 1. The monoisotopic (exact) mass is 369 g/mol. The number of H-pyrrole nitrogens is 1. The van der Waals surface area contributed by atoms with E-state index in [0.717, 1.165) is 23.4 Å². The van der Waals surface area contributed by atoms with Crippen LogP contribution in [0.1, 0.15) is 12.0 Å². The summed E-state index contributed by atoms with van der Waals surface area (Å²) in [6.45, 7) is 1.83. The van der Waals surface area contributed by atoms with Crippen LogP contribution in [-0.2, 0) is 4.79 Å². The van der Waals surface area contributed by atoms with Gasteiger partial charge in [-0.15, -0.1) is 0 Å². The Bertz CT molecular complexity index is 810. The number of aromatic amines is 1. The van der Waals surface area contributed by atoms with Crippen molar-refractivity contribution in [2.24, 2.45) is 0 Å². The molecule has 7 nitrogen and oxygen atoms in total. The van der Waals surface area contributed by atoms with Crippen LogP contribution in [0.2, 0.25) is 5.02 Å². The molecule has 0 fully saturated rings. The summed E-state index contributed by atoms with van der Waals surface area (Å²) in [4.78, 5) is 29.5. The summed E-state index contributed by atoms with van der Waals surface area (Å²) >= 11 is 7.19. The first-order valence-electron chi connectivity index (χ1n) is 6.96. The summed E-state index contributed by atoms with van der Waals surface area (Å²) in [7, 11) is 1.50. The molecule has 0 aliphatic heterocycles. The van der Waals surface area contributed by atoms with E-state index < -0.39 is 5.56 Å². The summed E-state index contributed by atoms with van der Waals surface area (Å²) in [5.74, 6) is 0.287. The van der Waals surface area contributed by atoms with Crippen molar-refractivity contribution in [1.82, 2.24) is 9.97 Å².